The summed E-state index contributed by atoms with van der Waals surface area (Å²) < 4.78 is 6.00. The minimum Gasteiger partial charge on any atom is -0.371 e. The van der Waals surface area contributed by atoms with Crippen molar-refractivity contribution in [2.24, 2.45) is 0 Å². The van der Waals surface area contributed by atoms with Crippen molar-refractivity contribution in [1.29, 1.82) is 5.26 Å². The molecular weight excluding hydrogens is 238 g/mol. The molecule has 0 aromatic heterocycles. The van der Waals surface area contributed by atoms with Crippen LogP contribution in [0.4, 0.5) is 0 Å². The molecular formula is C15H19N3O. The van der Waals surface area contributed by atoms with Crippen molar-refractivity contribution in [3.8, 4) is 6.07 Å². The van der Waals surface area contributed by atoms with Gasteiger partial charge in [0.1, 0.15) is 0 Å². The molecule has 4 heteroatoms. The average molecular weight is 257 g/mol. The molecule has 1 aromatic rings. The van der Waals surface area contributed by atoms with E-state index in [1.807, 2.05) is 19.1 Å². The van der Waals surface area contributed by atoms with Gasteiger partial charge in [-0.15, -0.1) is 0 Å². The van der Waals surface area contributed by atoms with Gasteiger partial charge in [0.05, 0.1) is 24.3 Å². The largest absolute Gasteiger partial charge is 0.371 e. The smallest absolute Gasteiger partial charge is 0.0994 e. The fourth-order valence-corrected chi connectivity index (χ4v) is 2.91. The maximum absolute atomic E-state index is 8.98. The third-order valence-corrected chi connectivity index (χ3v) is 4.10. The van der Waals surface area contributed by atoms with E-state index in [-0.39, 0.29) is 6.10 Å². The summed E-state index contributed by atoms with van der Waals surface area (Å²) in [6, 6.07) is 8.75. The van der Waals surface area contributed by atoms with Gasteiger partial charge in [0.25, 0.3) is 0 Å². The molecule has 2 atom stereocenters. The Kier molecular flexibility index (Phi) is 3.52. The fraction of sp³-hybridized carbons (Fsp3) is 0.533. The predicted octanol–water partition coefficient (Wildman–Crippen LogP) is 1.21. The standard InChI is InChI=1S/C15H19N3O/c1-11-6-12(2-3-13(11)7-16)15-9-18-5-4-17-8-14(18)10-19-15/h2-3,6,14-15,17H,4-5,8-10H2,1H3/t14-,15-/m0/s1. The molecule has 3 rings (SSSR count). The van der Waals surface area contributed by atoms with E-state index in [4.69, 9.17) is 10.00 Å². The number of nitrogens with one attached hydrogen (secondary N) is 1. The first kappa shape index (κ1) is 12.6. The van der Waals surface area contributed by atoms with Gasteiger partial charge in [-0.1, -0.05) is 12.1 Å². The van der Waals surface area contributed by atoms with Crippen LogP contribution in [-0.4, -0.2) is 43.7 Å². The number of piperazine rings is 1. The zero-order chi connectivity index (χ0) is 13.2. The van der Waals surface area contributed by atoms with Crippen molar-refractivity contribution in [3.63, 3.8) is 0 Å². The Morgan fingerprint density at radius 1 is 1.47 bits per heavy atom. The molecule has 0 spiro atoms. The van der Waals surface area contributed by atoms with Crippen LogP contribution in [0.15, 0.2) is 18.2 Å². The van der Waals surface area contributed by atoms with Crippen LogP contribution in [0.1, 0.15) is 22.8 Å². The van der Waals surface area contributed by atoms with Crippen LogP contribution in [-0.2, 0) is 4.74 Å². The SMILES string of the molecule is Cc1cc([C@@H]2CN3CCNC[C@H]3CO2)ccc1C#N. The van der Waals surface area contributed by atoms with Crippen molar-refractivity contribution in [2.45, 2.75) is 19.1 Å². The van der Waals surface area contributed by atoms with Crippen molar-refractivity contribution in [1.82, 2.24) is 10.2 Å². The Balaban J connectivity index is 1.76. The van der Waals surface area contributed by atoms with E-state index in [1.54, 1.807) is 0 Å². The van der Waals surface area contributed by atoms with E-state index < -0.39 is 0 Å². The summed E-state index contributed by atoms with van der Waals surface area (Å²) in [5.41, 5.74) is 2.97. The van der Waals surface area contributed by atoms with Crippen LogP contribution in [0.25, 0.3) is 0 Å². The number of aryl methyl sites for hydroxylation is 1. The van der Waals surface area contributed by atoms with E-state index in [1.165, 1.54) is 5.56 Å². The quantitative estimate of drug-likeness (QED) is 0.821. The van der Waals surface area contributed by atoms with Gasteiger partial charge in [-0.3, -0.25) is 4.90 Å². The van der Waals surface area contributed by atoms with Crippen molar-refractivity contribution < 1.29 is 4.74 Å². The zero-order valence-corrected chi connectivity index (χ0v) is 11.2. The molecule has 0 aliphatic carbocycles. The number of hydrogen-bond donors (Lipinski definition) is 1. The highest BCUT2D eigenvalue weighted by molar-refractivity contribution is 5.40. The number of nitriles is 1. The van der Waals surface area contributed by atoms with E-state index in [0.717, 1.165) is 43.9 Å². The van der Waals surface area contributed by atoms with Crippen LogP contribution in [0.2, 0.25) is 0 Å². The Hall–Kier alpha value is -1.41. The van der Waals surface area contributed by atoms with Crippen molar-refractivity contribution in [3.05, 3.63) is 34.9 Å². The van der Waals surface area contributed by atoms with Gasteiger partial charge in [0.15, 0.2) is 0 Å². The molecule has 0 bridgehead atoms. The topological polar surface area (TPSA) is 48.3 Å². The molecule has 0 saturated carbocycles. The summed E-state index contributed by atoms with van der Waals surface area (Å²) in [4.78, 5) is 2.51. The Bertz CT molecular complexity index is 509. The van der Waals surface area contributed by atoms with Crippen LogP contribution >= 0.6 is 0 Å². The zero-order valence-electron chi connectivity index (χ0n) is 11.2. The minimum absolute atomic E-state index is 0.140. The maximum atomic E-state index is 8.98. The lowest BCUT2D eigenvalue weighted by Crippen LogP contribution is -2.57. The molecule has 1 aromatic carbocycles. The van der Waals surface area contributed by atoms with Crippen LogP contribution in [0.5, 0.6) is 0 Å². The predicted molar refractivity (Wildman–Crippen MR) is 72.8 cm³/mol. The summed E-state index contributed by atoms with van der Waals surface area (Å²) in [6.45, 7) is 6.92. The highest BCUT2D eigenvalue weighted by atomic mass is 16.5. The fourth-order valence-electron chi connectivity index (χ4n) is 2.91. The second kappa shape index (κ2) is 5.30. The lowest BCUT2D eigenvalue weighted by atomic mass is 10.00. The van der Waals surface area contributed by atoms with Gasteiger partial charge in [0, 0.05) is 32.2 Å². The first-order valence-corrected chi connectivity index (χ1v) is 6.85. The molecule has 0 unspecified atom stereocenters. The number of benzene rings is 1. The molecule has 1 N–H and O–H groups in total. The lowest BCUT2D eigenvalue weighted by molar-refractivity contribution is -0.0717. The van der Waals surface area contributed by atoms with Crippen LogP contribution in [0.3, 0.4) is 0 Å². The lowest BCUT2D eigenvalue weighted by Gasteiger charge is -2.42. The molecule has 0 amide bonds. The number of rotatable bonds is 1. The molecule has 2 fully saturated rings. The van der Waals surface area contributed by atoms with Crippen molar-refractivity contribution >= 4 is 0 Å². The van der Waals surface area contributed by atoms with E-state index in [2.05, 4.69) is 22.4 Å². The number of nitrogens with zero attached hydrogens (tertiary/aromatic N) is 2. The average Bonchev–Trinajstić information content (AvgIpc) is 2.46. The second-order valence-electron chi connectivity index (χ2n) is 5.36. The molecule has 2 saturated heterocycles. The summed E-state index contributed by atoms with van der Waals surface area (Å²) in [7, 11) is 0. The Morgan fingerprint density at radius 3 is 3.16 bits per heavy atom. The van der Waals surface area contributed by atoms with E-state index >= 15 is 0 Å². The first-order chi connectivity index (χ1) is 9.28. The van der Waals surface area contributed by atoms with Crippen LogP contribution < -0.4 is 5.32 Å². The summed E-state index contributed by atoms with van der Waals surface area (Å²) in [5, 5.41) is 12.4. The monoisotopic (exact) mass is 257 g/mol. The number of morpholine rings is 1. The molecule has 100 valence electrons. The van der Waals surface area contributed by atoms with Gasteiger partial charge < -0.3 is 10.1 Å². The maximum Gasteiger partial charge on any atom is 0.0994 e. The molecule has 2 heterocycles. The summed E-state index contributed by atoms with van der Waals surface area (Å²) in [5.74, 6) is 0. The highest BCUT2D eigenvalue weighted by Crippen LogP contribution is 2.26. The van der Waals surface area contributed by atoms with Gasteiger partial charge >= 0.3 is 0 Å². The van der Waals surface area contributed by atoms with Crippen LogP contribution in [0, 0.1) is 18.3 Å². The Labute approximate surface area is 114 Å². The normalized spacial score (nSPS) is 27.6. The summed E-state index contributed by atoms with van der Waals surface area (Å²) in [6.07, 6.45) is 0.140. The highest BCUT2D eigenvalue weighted by Gasteiger charge is 2.31. The molecule has 4 nitrogen and oxygen atoms in total. The van der Waals surface area contributed by atoms with E-state index in [9.17, 15) is 0 Å². The third-order valence-electron chi connectivity index (χ3n) is 4.10. The van der Waals surface area contributed by atoms with Crippen molar-refractivity contribution in [2.75, 3.05) is 32.8 Å². The number of fused-ring (bicyclic) bond motifs is 1. The molecule has 0 radical (unpaired) electrons. The molecule has 2 aliphatic heterocycles. The first-order valence-electron chi connectivity index (χ1n) is 6.85. The third kappa shape index (κ3) is 2.50. The van der Waals surface area contributed by atoms with Gasteiger partial charge in [-0.25, -0.2) is 0 Å². The van der Waals surface area contributed by atoms with Gasteiger partial charge in [-0.05, 0) is 24.1 Å². The number of ether oxygens (including phenoxy) is 1. The molecule has 2 aliphatic rings. The van der Waals surface area contributed by atoms with Gasteiger partial charge in [-0.2, -0.15) is 5.26 Å². The molecule has 19 heavy (non-hydrogen) atoms. The minimum atomic E-state index is 0.140. The Morgan fingerprint density at radius 2 is 2.37 bits per heavy atom. The summed E-state index contributed by atoms with van der Waals surface area (Å²) >= 11 is 0. The van der Waals surface area contributed by atoms with E-state index in [0.29, 0.717) is 6.04 Å². The van der Waals surface area contributed by atoms with Gasteiger partial charge in [0.2, 0.25) is 0 Å². The number of hydrogen-bond acceptors (Lipinski definition) is 4. The second-order valence-corrected chi connectivity index (χ2v) is 5.36.